The molecule has 2 aromatic rings. The molecule has 1 aromatic heterocycles. The normalized spacial score (nSPS) is 13.2. The zero-order valence-electron chi connectivity index (χ0n) is 11.8. The van der Waals surface area contributed by atoms with Crippen LogP contribution in [-0.2, 0) is 21.1 Å². The first-order valence-corrected chi connectivity index (χ1v) is 8.69. The lowest BCUT2D eigenvalue weighted by atomic mass is 10.1. The molecule has 0 radical (unpaired) electrons. The fraction of sp³-hybridized carbons (Fsp3) is 0.357. The highest BCUT2D eigenvalue weighted by molar-refractivity contribution is 7.90. The van der Waals surface area contributed by atoms with E-state index in [0.29, 0.717) is 6.42 Å². The van der Waals surface area contributed by atoms with E-state index in [1.807, 2.05) is 30.5 Å². The van der Waals surface area contributed by atoms with Crippen LogP contribution in [0.25, 0.3) is 10.9 Å². The van der Waals surface area contributed by atoms with Gasteiger partial charge in [-0.3, -0.25) is 4.79 Å². The summed E-state index contributed by atoms with van der Waals surface area (Å²) in [6.45, 7) is 0.0826. The molecule has 0 spiro atoms. The number of nitrogens with one attached hydrogen (secondary N) is 2. The molecule has 2 rings (SSSR count). The van der Waals surface area contributed by atoms with Crippen molar-refractivity contribution in [2.24, 2.45) is 5.73 Å². The molecule has 1 atom stereocenters. The average Bonchev–Trinajstić information content (AvgIpc) is 2.80. The average molecular weight is 309 g/mol. The number of para-hydroxylation sites is 1. The molecule has 21 heavy (non-hydrogen) atoms. The minimum Gasteiger partial charge on any atom is -0.361 e. The summed E-state index contributed by atoms with van der Waals surface area (Å²) < 4.78 is 22.0. The Morgan fingerprint density at radius 1 is 1.38 bits per heavy atom. The van der Waals surface area contributed by atoms with Crippen molar-refractivity contribution in [1.29, 1.82) is 0 Å². The highest BCUT2D eigenvalue weighted by atomic mass is 32.2. The van der Waals surface area contributed by atoms with Gasteiger partial charge in [0.05, 0.1) is 11.8 Å². The van der Waals surface area contributed by atoms with Crippen LogP contribution in [0.4, 0.5) is 0 Å². The van der Waals surface area contributed by atoms with Gasteiger partial charge in [-0.05, 0) is 18.1 Å². The molecule has 0 fully saturated rings. The van der Waals surface area contributed by atoms with E-state index in [-0.39, 0.29) is 18.2 Å². The third-order valence-electron chi connectivity index (χ3n) is 3.22. The van der Waals surface area contributed by atoms with Crippen LogP contribution in [0.1, 0.15) is 5.56 Å². The minimum atomic E-state index is -3.08. The maximum Gasteiger partial charge on any atom is 0.237 e. The van der Waals surface area contributed by atoms with E-state index >= 15 is 0 Å². The molecule has 4 N–H and O–H groups in total. The highest BCUT2D eigenvalue weighted by Gasteiger charge is 2.16. The molecule has 114 valence electrons. The van der Waals surface area contributed by atoms with Crippen LogP contribution in [0.5, 0.6) is 0 Å². The minimum absolute atomic E-state index is 0.0826. The topological polar surface area (TPSA) is 105 Å². The molecule has 0 saturated carbocycles. The number of nitrogens with two attached hydrogens (primary N) is 1. The third-order valence-corrected chi connectivity index (χ3v) is 4.17. The lowest BCUT2D eigenvalue weighted by Crippen LogP contribution is -2.43. The van der Waals surface area contributed by atoms with Gasteiger partial charge in [0.15, 0.2) is 0 Å². The second kappa shape index (κ2) is 6.28. The highest BCUT2D eigenvalue weighted by Crippen LogP contribution is 2.18. The zero-order valence-corrected chi connectivity index (χ0v) is 12.6. The zero-order chi connectivity index (χ0) is 15.5. The number of sulfone groups is 1. The van der Waals surface area contributed by atoms with Crippen LogP contribution in [0.15, 0.2) is 30.5 Å². The number of aromatic amines is 1. The van der Waals surface area contributed by atoms with Crippen molar-refractivity contribution in [3.8, 4) is 0 Å². The van der Waals surface area contributed by atoms with E-state index < -0.39 is 15.9 Å². The van der Waals surface area contributed by atoms with Gasteiger partial charge in [0, 0.05) is 29.9 Å². The van der Waals surface area contributed by atoms with Gasteiger partial charge in [-0.2, -0.15) is 0 Å². The molecule has 1 aromatic carbocycles. The van der Waals surface area contributed by atoms with Gasteiger partial charge in [0.25, 0.3) is 0 Å². The standard InChI is InChI=1S/C14H19N3O3S/c1-21(19,20)7-6-16-14(18)12(15)8-10-9-17-13-5-3-2-4-11(10)13/h2-5,9,12,17H,6-8,15H2,1H3,(H,16,18)/t12-/m1/s1. The van der Waals surface area contributed by atoms with E-state index in [9.17, 15) is 13.2 Å². The van der Waals surface area contributed by atoms with Crippen LogP contribution < -0.4 is 11.1 Å². The number of aromatic nitrogens is 1. The molecule has 0 aliphatic rings. The summed E-state index contributed by atoms with van der Waals surface area (Å²) in [5, 5.41) is 3.58. The van der Waals surface area contributed by atoms with Crippen LogP contribution in [0.2, 0.25) is 0 Å². The van der Waals surface area contributed by atoms with E-state index in [1.165, 1.54) is 0 Å². The quantitative estimate of drug-likeness (QED) is 0.709. The molecule has 0 bridgehead atoms. The summed E-state index contributed by atoms with van der Waals surface area (Å²) in [6.07, 6.45) is 3.37. The third kappa shape index (κ3) is 4.30. The molecular formula is C14H19N3O3S. The fourth-order valence-electron chi connectivity index (χ4n) is 2.12. The molecule has 0 aliphatic heterocycles. The number of carbonyl (C=O) groups is 1. The van der Waals surface area contributed by atoms with E-state index in [1.54, 1.807) is 0 Å². The lowest BCUT2D eigenvalue weighted by molar-refractivity contribution is -0.122. The Labute approximate surface area is 123 Å². The molecule has 0 unspecified atom stereocenters. The van der Waals surface area contributed by atoms with Gasteiger partial charge in [0.1, 0.15) is 9.84 Å². The summed E-state index contributed by atoms with van der Waals surface area (Å²) in [7, 11) is -3.08. The van der Waals surface area contributed by atoms with Crippen molar-refractivity contribution in [3.63, 3.8) is 0 Å². The van der Waals surface area contributed by atoms with Gasteiger partial charge < -0.3 is 16.0 Å². The Balaban J connectivity index is 1.94. The molecule has 0 saturated heterocycles. The maximum atomic E-state index is 11.9. The number of rotatable bonds is 6. The largest absolute Gasteiger partial charge is 0.361 e. The van der Waals surface area contributed by atoms with E-state index in [4.69, 9.17) is 5.73 Å². The first kappa shape index (κ1) is 15.5. The maximum absolute atomic E-state index is 11.9. The number of fused-ring (bicyclic) bond motifs is 1. The molecule has 7 heteroatoms. The Morgan fingerprint density at radius 2 is 2.10 bits per heavy atom. The van der Waals surface area contributed by atoms with Crippen molar-refractivity contribution in [3.05, 3.63) is 36.0 Å². The Bertz CT molecular complexity index is 737. The van der Waals surface area contributed by atoms with E-state index in [2.05, 4.69) is 10.3 Å². The van der Waals surface area contributed by atoms with Gasteiger partial charge in [-0.25, -0.2) is 8.42 Å². The fourth-order valence-corrected chi connectivity index (χ4v) is 2.59. The van der Waals surface area contributed by atoms with Crippen LogP contribution >= 0.6 is 0 Å². The molecule has 0 aliphatic carbocycles. The second-order valence-electron chi connectivity index (χ2n) is 5.09. The first-order chi connectivity index (χ1) is 9.87. The summed E-state index contributed by atoms with van der Waals surface area (Å²) in [4.78, 5) is 15.0. The van der Waals surface area contributed by atoms with E-state index in [0.717, 1.165) is 22.7 Å². The monoisotopic (exact) mass is 309 g/mol. The van der Waals surface area contributed by atoms with Gasteiger partial charge in [-0.15, -0.1) is 0 Å². The number of hydrogen-bond donors (Lipinski definition) is 3. The first-order valence-electron chi connectivity index (χ1n) is 6.63. The second-order valence-corrected chi connectivity index (χ2v) is 7.35. The van der Waals surface area contributed by atoms with Crippen molar-refractivity contribution in [2.75, 3.05) is 18.6 Å². The molecular weight excluding hydrogens is 290 g/mol. The van der Waals surface area contributed by atoms with Crippen LogP contribution in [-0.4, -0.2) is 43.9 Å². The SMILES string of the molecule is CS(=O)(=O)CCNC(=O)[C@H](N)Cc1c[nH]c2ccccc12. The van der Waals surface area contributed by atoms with Gasteiger partial charge in [0.2, 0.25) is 5.91 Å². The number of H-pyrrole nitrogens is 1. The van der Waals surface area contributed by atoms with Crippen molar-refractivity contribution in [2.45, 2.75) is 12.5 Å². The Hall–Kier alpha value is -1.86. The number of hydrogen-bond acceptors (Lipinski definition) is 4. The summed E-state index contributed by atoms with van der Waals surface area (Å²) in [5.74, 6) is -0.428. The Kier molecular flexibility index (Phi) is 4.64. The molecule has 1 amide bonds. The Morgan fingerprint density at radius 3 is 2.81 bits per heavy atom. The van der Waals surface area contributed by atoms with Gasteiger partial charge in [-0.1, -0.05) is 18.2 Å². The van der Waals surface area contributed by atoms with Crippen molar-refractivity contribution in [1.82, 2.24) is 10.3 Å². The lowest BCUT2D eigenvalue weighted by Gasteiger charge is -2.11. The number of amides is 1. The predicted molar refractivity (Wildman–Crippen MR) is 82.7 cm³/mol. The summed E-state index contributed by atoms with van der Waals surface area (Å²) in [5.41, 5.74) is 7.84. The summed E-state index contributed by atoms with van der Waals surface area (Å²) >= 11 is 0. The molecule has 1 heterocycles. The molecule has 6 nitrogen and oxygen atoms in total. The van der Waals surface area contributed by atoms with Crippen LogP contribution in [0.3, 0.4) is 0 Å². The predicted octanol–water partition coefficient (Wildman–Crippen LogP) is 0.199. The van der Waals surface area contributed by atoms with Gasteiger partial charge >= 0.3 is 0 Å². The van der Waals surface area contributed by atoms with Crippen molar-refractivity contribution < 1.29 is 13.2 Å². The number of carbonyl (C=O) groups excluding carboxylic acids is 1. The summed E-state index contributed by atoms with van der Waals surface area (Å²) in [6, 6.07) is 7.08. The number of benzene rings is 1. The van der Waals surface area contributed by atoms with Crippen molar-refractivity contribution >= 4 is 26.6 Å². The van der Waals surface area contributed by atoms with Crippen LogP contribution in [0, 0.1) is 0 Å². The smallest absolute Gasteiger partial charge is 0.237 e.